The Kier molecular flexibility index (Phi) is 5.66. The summed E-state index contributed by atoms with van der Waals surface area (Å²) in [5, 5.41) is 0. The molecule has 0 spiro atoms. The molecule has 1 unspecified atom stereocenters. The lowest BCUT2D eigenvalue weighted by molar-refractivity contribution is 0.132. The number of sulfone groups is 1. The molecular weight excluding hydrogens is 262 g/mol. The second-order valence-electron chi connectivity index (χ2n) is 6.12. The quantitative estimate of drug-likeness (QED) is 0.744. The zero-order chi connectivity index (χ0) is 13.7. The van der Waals surface area contributed by atoms with E-state index in [1.54, 1.807) is 7.11 Å². The Labute approximate surface area is 117 Å². The summed E-state index contributed by atoms with van der Waals surface area (Å²) in [4.78, 5) is 2.51. The van der Waals surface area contributed by atoms with Crippen molar-refractivity contribution in [2.24, 2.45) is 11.8 Å². The van der Waals surface area contributed by atoms with Crippen LogP contribution in [0.1, 0.15) is 32.1 Å². The molecule has 0 amide bonds. The van der Waals surface area contributed by atoms with E-state index in [1.165, 1.54) is 32.4 Å². The Morgan fingerprint density at radius 2 is 1.84 bits per heavy atom. The van der Waals surface area contributed by atoms with Gasteiger partial charge in [0, 0.05) is 13.7 Å². The van der Waals surface area contributed by atoms with E-state index in [1.807, 2.05) is 0 Å². The van der Waals surface area contributed by atoms with Crippen LogP contribution in [0, 0.1) is 11.8 Å². The topological polar surface area (TPSA) is 46.6 Å². The lowest BCUT2D eigenvalue weighted by Gasteiger charge is -2.32. The number of rotatable bonds is 6. The molecule has 2 fully saturated rings. The minimum Gasteiger partial charge on any atom is -0.385 e. The largest absolute Gasteiger partial charge is 0.385 e. The second-order valence-corrected chi connectivity index (χ2v) is 8.35. The molecule has 2 rings (SSSR count). The van der Waals surface area contributed by atoms with E-state index in [2.05, 4.69) is 4.90 Å². The molecule has 19 heavy (non-hydrogen) atoms. The zero-order valence-corrected chi connectivity index (χ0v) is 12.8. The number of methoxy groups -OCH3 is 1. The van der Waals surface area contributed by atoms with Crippen molar-refractivity contribution in [2.75, 3.05) is 44.9 Å². The smallest absolute Gasteiger partial charge is 0.150 e. The highest BCUT2D eigenvalue weighted by atomic mass is 32.2. The average Bonchev–Trinajstić information content (AvgIpc) is 2.75. The van der Waals surface area contributed by atoms with Crippen LogP contribution in [0.25, 0.3) is 0 Å². The maximum absolute atomic E-state index is 11.4. The molecule has 0 aliphatic carbocycles. The number of hydrogen-bond acceptors (Lipinski definition) is 4. The van der Waals surface area contributed by atoms with Gasteiger partial charge in [-0.2, -0.15) is 0 Å². The summed E-state index contributed by atoms with van der Waals surface area (Å²) in [6.07, 6.45) is 5.67. The molecule has 2 aliphatic heterocycles. The summed E-state index contributed by atoms with van der Waals surface area (Å²) >= 11 is 0. The molecule has 1 atom stereocenters. The van der Waals surface area contributed by atoms with Crippen molar-refractivity contribution >= 4 is 9.84 Å². The number of nitrogens with zero attached hydrogens (tertiary/aromatic N) is 1. The fourth-order valence-corrected chi connectivity index (χ4v) is 5.16. The first kappa shape index (κ1) is 15.3. The van der Waals surface area contributed by atoms with Gasteiger partial charge in [0.2, 0.25) is 0 Å². The Morgan fingerprint density at radius 1 is 1.11 bits per heavy atom. The van der Waals surface area contributed by atoms with Crippen LogP contribution in [-0.4, -0.2) is 58.2 Å². The van der Waals surface area contributed by atoms with Crippen molar-refractivity contribution in [3.8, 4) is 0 Å². The highest BCUT2D eigenvalue weighted by Gasteiger charge is 2.28. The van der Waals surface area contributed by atoms with Crippen LogP contribution in [0.5, 0.6) is 0 Å². The molecule has 2 aliphatic rings. The van der Waals surface area contributed by atoms with Crippen molar-refractivity contribution < 1.29 is 13.2 Å². The third kappa shape index (κ3) is 5.04. The first-order valence-electron chi connectivity index (χ1n) is 7.51. The van der Waals surface area contributed by atoms with Crippen molar-refractivity contribution in [1.82, 2.24) is 4.90 Å². The van der Waals surface area contributed by atoms with E-state index in [0.29, 0.717) is 17.4 Å². The summed E-state index contributed by atoms with van der Waals surface area (Å²) in [6, 6.07) is 0. The van der Waals surface area contributed by atoms with Gasteiger partial charge in [-0.1, -0.05) is 0 Å². The monoisotopic (exact) mass is 289 g/mol. The molecule has 0 N–H and O–H groups in total. The number of piperidine rings is 1. The van der Waals surface area contributed by atoms with Crippen molar-refractivity contribution in [2.45, 2.75) is 32.1 Å². The molecule has 112 valence electrons. The number of hydrogen-bond donors (Lipinski definition) is 0. The van der Waals surface area contributed by atoms with Crippen LogP contribution in [0.3, 0.4) is 0 Å². The Morgan fingerprint density at radius 3 is 2.42 bits per heavy atom. The zero-order valence-electron chi connectivity index (χ0n) is 12.0. The van der Waals surface area contributed by atoms with E-state index in [0.717, 1.165) is 31.9 Å². The second kappa shape index (κ2) is 7.04. The molecular formula is C14H27NO3S. The van der Waals surface area contributed by atoms with Crippen LogP contribution in [0.4, 0.5) is 0 Å². The molecule has 4 nitrogen and oxygen atoms in total. The number of ether oxygens (including phenoxy) is 1. The SMILES string of the molecule is COCCC1CCN(CCC2CCS(=O)(=O)C2)CC1. The predicted molar refractivity (Wildman–Crippen MR) is 77.0 cm³/mol. The van der Waals surface area contributed by atoms with Gasteiger partial charge in [-0.15, -0.1) is 0 Å². The van der Waals surface area contributed by atoms with E-state index in [4.69, 9.17) is 4.74 Å². The van der Waals surface area contributed by atoms with Crippen LogP contribution < -0.4 is 0 Å². The molecule has 2 heterocycles. The van der Waals surface area contributed by atoms with Crippen LogP contribution >= 0.6 is 0 Å². The summed E-state index contributed by atoms with van der Waals surface area (Å²) in [7, 11) is -0.931. The van der Waals surface area contributed by atoms with Crippen molar-refractivity contribution in [3.05, 3.63) is 0 Å². The van der Waals surface area contributed by atoms with Crippen LogP contribution in [-0.2, 0) is 14.6 Å². The molecule has 0 radical (unpaired) electrons. The predicted octanol–water partition coefficient (Wildman–Crippen LogP) is 1.56. The van der Waals surface area contributed by atoms with E-state index >= 15 is 0 Å². The van der Waals surface area contributed by atoms with Gasteiger partial charge in [-0.25, -0.2) is 8.42 Å². The van der Waals surface area contributed by atoms with E-state index in [-0.39, 0.29) is 0 Å². The summed E-state index contributed by atoms with van der Waals surface area (Å²) in [5.41, 5.74) is 0. The molecule has 0 aromatic rings. The van der Waals surface area contributed by atoms with E-state index in [9.17, 15) is 8.42 Å². The molecule has 5 heteroatoms. The molecule has 0 aromatic heterocycles. The van der Waals surface area contributed by atoms with Gasteiger partial charge in [-0.05, 0) is 63.6 Å². The summed E-state index contributed by atoms with van der Waals surface area (Å²) in [6.45, 7) is 4.31. The maximum Gasteiger partial charge on any atom is 0.150 e. The van der Waals surface area contributed by atoms with E-state index < -0.39 is 9.84 Å². The normalized spacial score (nSPS) is 28.8. The maximum atomic E-state index is 11.4. The third-order valence-electron chi connectivity index (χ3n) is 4.62. The van der Waals surface area contributed by atoms with Gasteiger partial charge in [0.1, 0.15) is 0 Å². The lowest BCUT2D eigenvalue weighted by Crippen LogP contribution is -2.35. The van der Waals surface area contributed by atoms with Gasteiger partial charge >= 0.3 is 0 Å². The van der Waals surface area contributed by atoms with Gasteiger partial charge < -0.3 is 9.64 Å². The molecule has 0 bridgehead atoms. The van der Waals surface area contributed by atoms with Crippen molar-refractivity contribution in [1.29, 1.82) is 0 Å². The minimum absolute atomic E-state index is 0.413. The summed E-state index contributed by atoms with van der Waals surface area (Å²) < 4.78 is 28.0. The Balaban J connectivity index is 1.61. The highest BCUT2D eigenvalue weighted by Crippen LogP contribution is 2.24. The van der Waals surface area contributed by atoms with Crippen LogP contribution in [0.15, 0.2) is 0 Å². The lowest BCUT2D eigenvalue weighted by atomic mass is 9.93. The standard InChI is InChI=1S/C14H27NO3S/c1-18-10-5-13-2-7-15(8-3-13)9-4-14-6-11-19(16,17)12-14/h13-14H,2-12H2,1H3. The average molecular weight is 289 g/mol. The minimum atomic E-state index is -2.70. The highest BCUT2D eigenvalue weighted by molar-refractivity contribution is 7.91. The summed E-state index contributed by atoms with van der Waals surface area (Å²) in [5.74, 6) is 2.08. The van der Waals surface area contributed by atoms with Gasteiger partial charge in [0.05, 0.1) is 11.5 Å². The first-order valence-corrected chi connectivity index (χ1v) is 9.33. The molecule has 0 aromatic carbocycles. The van der Waals surface area contributed by atoms with Crippen LogP contribution in [0.2, 0.25) is 0 Å². The van der Waals surface area contributed by atoms with Gasteiger partial charge in [0.15, 0.2) is 9.84 Å². The van der Waals surface area contributed by atoms with Gasteiger partial charge in [-0.3, -0.25) is 0 Å². The first-order chi connectivity index (χ1) is 9.09. The molecule has 0 saturated carbocycles. The number of likely N-dealkylation sites (tertiary alicyclic amines) is 1. The Bertz CT molecular complexity index is 361. The molecule has 2 saturated heterocycles. The third-order valence-corrected chi connectivity index (χ3v) is 6.45. The Hall–Kier alpha value is -0.130. The van der Waals surface area contributed by atoms with Gasteiger partial charge in [0.25, 0.3) is 0 Å². The van der Waals surface area contributed by atoms with Crippen molar-refractivity contribution in [3.63, 3.8) is 0 Å². The fraction of sp³-hybridized carbons (Fsp3) is 1.00. The fourth-order valence-electron chi connectivity index (χ4n) is 3.25.